The van der Waals surface area contributed by atoms with Crippen molar-refractivity contribution in [1.29, 1.82) is 0 Å². The standard InChI is InChI=1S/C76H64B2N4/c1-45-14-25-57(26-15-45)79-66-35-24-51(7)38-63(66)77-64-43-65-69(44-68(64)81(59-29-18-47(3)19-30-59)71-40-55(39-70(79)75(71)77)61-33-22-49(5)36-53(61)9)82(60-31-20-48(4)21-32-60)73-42-56(62-34-23-50(6)37-54(62)10)41-72-76(73)78(65)74-52(8)12-11-13-67(74)80(72)58-27-16-46(2)17-28-58/h11-44H,1-10H3. The quantitative estimate of drug-likeness (QED) is 0.154. The Morgan fingerprint density at radius 1 is 0.232 bits per heavy atom. The molecule has 0 saturated carbocycles. The highest BCUT2D eigenvalue weighted by Gasteiger charge is 2.49. The van der Waals surface area contributed by atoms with Gasteiger partial charge in [-0.3, -0.25) is 0 Å². The maximum Gasteiger partial charge on any atom is 0.252 e. The number of aryl methyl sites for hydroxylation is 10. The molecule has 0 amide bonds. The van der Waals surface area contributed by atoms with Crippen LogP contribution in [0.2, 0.25) is 0 Å². The molecular formula is C76H64B2N4. The molecular weight excluding hydrogens is 990 g/mol. The molecule has 0 N–H and O–H groups in total. The van der Waals surface area contributed by atoms with Crippen LogP contribution in [0.15, 0.2) is 206 Å². The zero-order valence-corrected chi connectivity index (χ0v) is 48.6. The second kappa shape index (κ2) is 18.7. The summed E-state index contributed by atoms with van der Waals surface area (Å²) in [5, 5.41) is 0. The van der Waals surface area contributed by atoms with Gasteiger partial charge < -0.3 is 19.6 Å². The van der Waals surface area contributed by atoms with Crippen LogP contribution in [0.5, 0.6) is 0 Å². The topological polar surface area (TPSA) is 13.0 Å². The van der Waals surface area contributed by atoms with Crippen LogP contribution >= 0.6 is 0 Å². The van der Waals surface area contributed by atoms with Crippen LogP contribution in [0.25, 0.3) is 22.3 Å². The van der Waals surface area contributed by atoms with Gasteiger partial charge in [0.25, 0.3) is 13.4 Å². The predicted molar refractivity (Wildman–Crippen MR) is 353 cm³/mol. The predicted octanol–water partition coefficient (Wildman–Crippen LogP) is 16.3. The minimum Gasteiger partial charge on any atom is -0.311 e. The molecule has 394 valence electrons. The van der Waals surface area contributed by atoms with Crippen LogP contribution in [0.1, 0.15) is 55.6 Å². The summed E-state index contributed by atoms with van der Waals surface area (Å²) >= 11 is 0. The Morgan fingerprint density at radius 3 is 1.02 bits per heavy atom. The van der Waals surface area contributed by atoms with E-state index in [1.165, 1.54) is 156 Å². The van der Waals surface area contributed by atoms with Crippen LogP contribution in [0.3, 0.4) is 0 Å². The molecule has 4 nitrogen and oxygen atoms in total. The Labute approximate surface area is 484 Å². The first-order valence-corrected chi connectivity index (χ1v) is 29.1. The van der Waals surface area contributed by atoms with Gasteiger partial charge in [-0.05, 0) is 226 Å². The van der Waals surface area contributed by atoms with Crippen LogP contribution in [-0.2, 0) is 0 Å². The second-order valence-corrected chi connectivity index (χ2v) is 24.1. The molecule has 0 unspecified atom stereocenters. The lowest BCUT2D eigenvalue weighted by Crippen LogP contribution is -2.65. The summed E-state index contributed by atoms with van der Waals surface area (Å²) in [7, 11) is 0. The van der Waals surface area contributed by atoms with E-state index in [2.05, 4.69) is 295 Å². The van der Waals surface area contributed by atoms with Gasteiger partial charge in [0, 0.05) is 68.2 Å². The van der Waals surface area contributed by atoms with E-state index in [4.69, 9.17) is 0 Å². The summed E-state index contributed by atoms with van der Waals surface area (Å²) in [5.74, 6) is 0. The molecule has 11 aromatic carbocycles. The largest absolute Gasteiger partial charge is 0.311 e. The summed E-state index contributed by atoms with van der Waals surface area (Å²) < 4.78 is 0. The van der Waals surface area contributed by atoms with Crippen molar-refractivity contribution >= 4 is 114 Å². The SMILES string of the molecule is Cc1ccc(N2c3ccc(C)cc3B3c4cc5c(cc4N(c4ccc(C)cc4)c4cc(-c6ccc(C)cc6C)cc2c43)N(c2ccc(C)cc2)c2cc(-c3ccc(C)cc3C)cc3c2B5c2c(C)cccc2N3c2ccc(C)cc2)cc1. The summed E-state index contributed by atoms with van der Waals surface area (Å²) in [5.41, 5.74) is 39.5. The van der Waals surface area contributed by atoms with Crippen molar-refractivity contribution in [3.63, 3.8) is 0 Å². The van der Waals surface area contributed by atoms with Gasteiger partial charge in [-0.1, -0.05) is 160 Å². The zero-order chi connectivity index (χ0) is 56.0. The van der Waals surface area contributed by atoms with Crippen molar-refractivity contribution in [3.05, 3.63) is 262 Å². The van der Waals surface area contributed by atoms with Gasteiger partial charge in [0.1, 0.15) is 0 Å². The molecule has 0 aliphatic carbocycles. The summed E-state index contributed by atoms with van der Waals surface area (Å²) in [6.45, 7) is 22.1. The van der Waals surface area contributed by atoms with Crippen LogP contribution in [0.4, 0.5) is 68.2 Å². The molecule has 4 aliphatic rings. The van der Waals surface area contributed by atoms with E-state index in [-0.39, 0.29) is 13.4 Å². The number of rotatable bonds is 6. The maximum atomic E-state index is 2.67. The number of hydrogen-bond donors (Lipinski definition) is 0. The van der Waals surface area contributed by atoms with Gasteiger partial charge in [0.15, 0.2) is 0 Å². The van der Waals surface area contributed by atoms with E-state index in [1.54, 1.807) is 0 Å². The van der Waals surface area contributed by atoms with Gasteiger partial charge in [-0.25, -0.2) is 0 Å². The molecule has 11 aromatic rings. The van der Waals surface area contributed by atoms with E-state index in [1.807, 2.05) is 0 Å². The highest BCUT2D eigenvalue weighted by molar-refractivity contribution is 7.03. The average molecular weight is 1050 g/mol. The second-order valence-electron chi connectivity index (χ2n) is 24.1. The maximum absolute atomic E-state index is 2.67. The fraction of sp³-hybridized carbons (Fsp3) is 0.132. The summed E-state index contributed by atoms with van der Waals surface area (Å²) in [6, 6.07) is 80.0. The first-order valence-electron chi connectivity index (χ1n) is 29.1. The van der Waals surface area contributed by atoms with E-state index in [0.29, 0.717) is 0 Å². The number of fused-ring (bicyclic) bond motifs is 8. The Kier molecular flexibility index (Phi) is 11.3. The Balaban J connectivity index is 1.09. The summed E-state index contributed by atoms with van der Waals surface area (Å²) in [4.78, 5) is 10.4. The third-order valence-electron chi connectivity index (χ3n) is 18.2. The Bertz CT molecular complexity index is 4460. The minimum absolute atomic E-state index is 0.0942. The van der Waals surface area contributed by atoms with E-state index in [0.717, 1.165) is 22.7 Å². The van der Waals surface area contributed by atoms with Gasteiger partial charge in [0.05, 0.1) is 0 Å². The zero-order valence-electron chi connectivity index (χ0n) is 48.6. The van der Waals surface area contributed by atoms with Crippen molar-refractivity contribution in [2.75, 3.05) is 19.6 Å². The van der Waals surface area contributed by atoms with Crippen LogP contribution in [0, 0.1) is 69.2 Å². The minimum atomic E-state index is -0.0960. The monoisotopic (exact) mass is 1050 g/mol. The van der Waals surface area contributed by atoms with Crippen LogP contribution in [-0.4, -0.2) is 13.4 Å². The molecule has 4 heterocycles. The van der Waals surface area contributed by atoms with Gasteiger partial charge in [-0.2, -0.15) is 0 Å². The molecule has 0 aromatic heterocycles. The highest BCUT2D eigenvalue weighted by Crippen LogP contribution is 2.51. The number of nitrogens with zero attached hydrogens (tertiary/aromatic N) is 4. The lowest BCUT2D eigenvalue weighted by Gasteiger charge is -2.47. The van der Waals surface area contributed by atoms with Crippen molar-refractivity contribution in [3.8, 4) is 22.3 Å². The molecule has 0 spiro atoms. The normalized spacial score (nSPS) is 13.3. The van der Waals surface area contributed by atoms with Gasteiger partial charge in [-0.15, -0.1) is 0 Å². The van der Waals surface area contributed by atoms with Crippen molar-refractivity contribution in [2.24, 2.45) is 0 Å². The van der Waals surface area contributed by atoms with E-state index in [9.17, 15) is 0 Å². The molecule has 0 saturated heterocycles. The number of benzene rings is 11. The third-order valence-corrected chi connectivity index (χ3v) is 18.2. The van der Waals surface area contributed by atoms with Crippen molar-refractivity contribution < 1.29 is 0 Å². The molecule has 0 atom stereocenters. The molecule has 0 fully saturated rings. The Hall–Kier alpha value is -9.25. The van der Waals surface area contributed by atoms with E-state index >= 15 is 0 Å². The molecule has 82 heavy (non-hydrogen) atoms. The molecule has 4 aliphatic heterocycles. The lowest BCUT2D eigenvalue weighted by molar-refractivity contribution is 1.22. The van der Waals surface area contributed by atoms with Crippen molar-refractivity contribution in [2.45, 2.75) is 69.2 Å². The lowest BCUT2D eigenvalue weighted by atomic mass is 9.30. The van der Waals surface area contributed by atoms with Crippen molar-refractivity contribution in [1.82, 2.24) is 0 Å². The smallest absolute Gasteiger partial charge is 0.252 e. The average Bonchev–Trinajstić information content (AvgIpc) is 1.03. The Morgan fingerprint density at radius 2 is 0.585 bits per heavy atom. The summed E-state index contributed by atoms with van der Waals surface area (Å²) in [6.07, 6.45) is 0. The number of anilines is 12. The third kappa shape index (κ3) is 7.68. The first kappa shape index (κ1) is 49.8. The molecule has 0 radical (unpaired) electrons. The van der Waals surface area contributed by atoms with Gasteiger partial charge >= 0.3 is 0 Å². The molecule has 6 heteroatoms. The molecule has 0 bridgehead atoms. The van der Waals surface area contributed by atoms with E-state index < -0.39 is 0 Å². The number of hydrogen-bond acceptors (Lipinski definition) is 4. The highest BCUT2D eigenvalue weighted by atomic mass is 15.2. The fourth-order valence-electron chi connectivity index (χ4n) is 14.3. The van der Waals surface area contributed by atoms with Crippen LogP contribution < -0.4 is 52.4 Å². The first-order chi connectivity index (χ1) is 39.8. The van der Waals surface area contributed by atoms with Gasteiger partial charge in [0.2, 0.25) is 0 Å². The molecule has 15 rings (SSSR count). The fourth-order valence-corrected chi connectivity index (χ4v) is 14.3.